The summed E-state index contributed by atoms with van der Waals surface area (Å²) in [5.74, 6) is 1.11. The monoisotopic (exact) mass is 238 g/mol. The van der Waals surface area contributed by atoms with E-state index >= 15 is 0 Å². The standard InChI is InChI=1S/C9H11N2P.2C2H6/c1-11-8-5-3-2-4-7(8)10-9(11)6-12;2*1-2/h2-5H,6,12H2,1H3;2*1-2H3. The Morgan fingerprint density at radius 3 is 2.19 bits per heavy atom. The second-order valence-electron chi connectivity index (χ2n) is 2.78. The molecule has 0 bridgehead atoms. The van der Waals surface area contributed by atoms with E-state index in [1.54, 1.807) is 0 Å². The molecule has 0 saturated heterocycles. The van der Waals surface area contributed by atoms with E-state index in [1.165, 1.54) is 5.52 Å². The van der Waals surface area contributed by atoms with Crippen molar-refractivity contribution in [3.8, 4) is 0 Å². The minimum atomic E-state index is 0.908. The predicted molar refractivity (Wildman–Crippen MR) is 76.8 cm³/mol. The lowest BCUT2D eigenvalue weighted by Crippen LogP contribution is -1.93. The molecule has 0 aliphatic rings. The molecule has 0 aliphatic heterocycles. The Hall–Kier alpha value is -0.880. The van der Waals surface area contributed by atoms with Crippen molar-refractivity contribution in [1.29, 1.82) is 0 Å². The third kappa shape index (κ3) is 3.31. The fraction of sp³-hybridized carbons (Fsp3) is 0.462. The second kappa shape index (κ2) is 8.29. The van der Waals surface area contributed by atoms with Gasteiger partial charge in [0.1, 0.15) is 5.82 Å². The van der Waals surface area contributed by atoms with Gasteiger partial charge in [-0.25, -0.2) is 4.98 Å². The lowest BCUT2D eigenvalue weighted by Gasteiger charge is -1.96. The smallest absolute Gasteiger partial charge is 0.113 e. The van der Waals surface area contributed by atoms with Crippen molar-refractivity contribution in [2.75, 3.05) is 0 Å². The van der Waals surface area contributed by atoms with Crippen molar-refractivity contribution in [1.82, 2.24) is 9.55 Å². The topological polar surface area (TPSA) is 17.8 Å². The van der Waals surface area contributed by atoms with Gasteiger partial charge in [-0.3, -0.25) is 0 Å². The molecule has 1 heterocycles. The molecule has 0 aliphatic carbocycles. The summed E-state index contributed by atoms with van der Waals surface area (Å²) in [6.07, 6.45) is 0.908. The van der Waals surface area contributed by atoms with E-state index in [0.29, 0.717) is 0 Å². The highest BCUT2D eigenvalue weighted by Gasteiger charge is 2.03. The summed E-state index contributed by atoms with van der Waals surface area (Å²) < 4.78 is 2.13. The third-order valence-electron chi connectivity index (χ3n) is 2.06. The quantitative estimate of drug-likeness (QED) is 0.687. The molecular weight excluding hydrogens is 215 g/mol. The van der Waals surface area contributed by atoms with Crippen LogP contribution in [0.5, 0.6) is 0 Å². The lowest BCUT2D eigenvalue weighted by molar-refractivity contribution is 0.876. The Morgan fingerprint density at radius 2 is 1.69 bits per heavy atom. The van der Waals surface area contributed by atoms with Gasteiger partial charge in [0.2, 0.25) is 0 Å². The lowest BCUT2D eigenvalue weighted by atomic mass is 10.3. The van der Waals surface area contributed by atoms with Crippen LogP contribution >= 0.6 is 9.24 Å². The van der Waals surface area contributed by atoms with Gasteiger partial charge >= 0.3 is 0 Å². The molecule has 16 heavy (non-hydrogen) atoms. The number of hydrogen-bond acceptors (Lipinski definition) is 1. The van der Waals surface area contributed by atoms with Gasteiger partial charge in [0.05, 0.1) is 11.0 Å². The molecule has 1 unspecified atom stereocenters. The zero-order valence-corrected chi connectivity index (χ0v) is 12.1. The molecule has 0 amide bonds. The molecule has 0 N–H and O–H groups in total. The molecule has 0 spiro atoms. The van der Waals surface area contributed by atoms with E-state index in [4.69, 9.17) is 0 Å². The normalized spacial score (nSPS) is 8.88. The first kappa shape index (κ1) is 15.1. The third-order valence-corrected chi connectivity index (χ3v) is 2.43. The summed E-state index contributed by atoms with van der Waals surface area (Å²) in [7, 11) is 4.74. The molecule has 2 aromatic rings. The Bertz CT molecular complexity index is 407. The molecule has 90 valence electrons. The zero-order valence-electron chi connectivity index (χ0n) is 11.0. The van der Waals surface area contributed by atoms with E-state index < -0.39 is 0 Å². The summed E-state index contributed by atoms with van der Waals surface area (Å²) in [5, 5.41) is 0. The van der Waals surface area contributed by atoms with Gasteiger partial charge in [0.15, 0.2) is 0 Å². The van der Waals surface area contributed by atoms with Crippen molar-refractivity contribution >= 4 is 20.3 Å². The fourth-order valence-corrected chi connectivity index (χ4v) is 1.74. The maximum absolute atomic E-state index is 4.47. The van der Waals surface area contributed by atoms with Gasteiger partial charge in [0.25, 0.3) is 0 Å². The first-order valence-electron chi connectivity index (χ1n) is 5.93. The highest BCUT2D eigenvalue weighted by Crippen LogP contribution is 2.15. The van der Waals surface area contributed by atoms with Crippen LogP contribution in [-0.4, -0.2) is 9.55 Å². The second-order valence-corrected chi connectivity index (χ2v) is 3.19. The number of rotatable bonds is 1. The summed E-state index contributed by atoms with van der Waals surface area (Å²) >= 11 is 0. The van der Waals surface area contributed by atoms with Crippen molar-refractivity contribution in [2.45, 2.75) is 33.9 Å². The van der Waals surface area contributed by atoms with Crippen LogP contribution in [0.25, 0.3) is 11.0 Å². The van der Waals surface area contributed by atoms with Gasteiger partial charge in [-0.05, 0) is 12.1 Å². The van der Waals surface area contributed by atoms with E-state index in [-0.39, 0.29) is 0 Å². The maximum Gasteiger partial charge on any atom is 0.113 e. The van der Waals surface area contributed by atoms with Gasteiger partial charge in [-0.1, -0.05) is 39.8 Å². The highest BCUT2D eigenvalue weighted by atomic mass is 31.0. The summed E-state index contributed by atoms with van der Waals surface area (Å²) in [6.45, 7) is 8.00. The minimum Gasteiger partial charge on any atom is -0.331 e. The Morgan fingerprint density at radius 1 is 1.12 bits per heavy atom. The number of para-hydroxylation sites is 2. The van der Waals surface area contributed by atoms with Crippen LogP contribution in [-0.2, 0) is 13.2 Å². The molecule has 2 rings (SSSR count). The van der Waals surface area contributed by atoms with Gasteiger partial charge in [0, 0.05) is 13.2 Å². The zero-order chi connectivity index (χ0) is 12.6. The summed E-state index contributed by atoms with van der Waals surface area (Å²) in [4.78, 5) is 4.47. The summed E-state index contributed by atoms with van der Waals surface area (Å²) in [5.41, 5.74) is 2.28. The number of aromatic nitrogens is 2. The van der Waals surface area contributed by atoms with Gasteiger partial charge in [-0.2, -0.15) is 0 Å². The molecule has 1 atom stereocenters. The van der Waals surface area contributed by atoms with Crippen LogP contribution in [0.2, 0.25) is 0 Å². The number of benzene rings is 1. The maximum atomic E-state index is 4.47. The first-order valence-corrected chi connectivity index (χ1v) is 6.75. The fourth-order valence-electron chi connectivity index (χ4n) is 1.38. The number of hydrogen-bond donors (Lipinski definition) is 0. The predicted octanol–water partition coefficient (Wildman–Crippen LogP) is 4.00. The molecule has 1 aromatic heterocycles. The van der Waals surface area contributed by atoms with E-state index in [1.807, 2.05) is 45.9 Å². The number of nitrogens with zero attached hydrogens (tertiary/aromatic N) is 2. The van der Waals surface area contributed by atoms with Crippen molar-refractivity contribution in [3.63, 3.8) is 0 Å². The van der Waals surface area contributed by atoms with E-state index in [9.17, 15) is 0 Å². The van der Waals surface area contributed by atoms with Gasteiger partial charge in [-0.15, -0.1) is 9.24 Å². The SMILES string of the molecule is CC.CC.Cn1c(CP)nc2ccccc21. The van der Waals surface area contributed by atoms with Crippen molar-refractivity contribution in [3.05, 3.63) is 30.1 Å². The van der Waals surface area contributed by atoms with Crippen LogP contribution < -0.4 is 0 Å². The molecule has 0 saturated carbocycles. The van der Waals surface area contributed by atoms with E-state index in [2.05, 4.69) is 31.9 Å². The number of imidazole rings is 1. The van der Waals surface area contributed by atoms with Gasteiger partial charge < -0.3 is 4.57 Å². The van der Waals surface area contributed by atoms with Crippen molar-refractivity contribution in [2.24, 2.45) is 7.05 Å². The van der Waals surface area contributed by atoms with Crippen LogP contribution in [0.3, 0.4) is 0 Å². The highest BCUT2D eigenvalue weighted by molar-refractivity contribution is 7.15. The first-order chi connectivity index (χ1) is 7.83. The van der Waals surface area contributed by atoms with Crippen LogP contribution in [0.1, 0.15) is 33.5 Å². The molecular formula is C13H23N2P. The average molecular weight is 238 g/mol. The Labute approximate surface area is 101 Å². The van der Waals surface area contributed by atoms with Crippen LogP contribution in [0.15, 0.2) is 24.3 Å². The van der Waals surface area contributed by atoms with E-state index in [0.717, 1.165) is 17.5 Å². The molecule has 1 aromatic carbocycles. The molecule has 0 radical (unpaired) electrons. The number of aryl methyl sites for hydroxylation is 1. The molecule has 0 fully saturated rings. The Kier molecular flexibility index (Phi) is 7.84. The van der Waals surface area contributed by atoms with Crippen LogP contribution in [0, 0.1) is 0 Å². The van der Waals surface area contributed by atoms with Crippen molar-refractivity contribution < 1.29 is 0 Å². The average Bonchev–Trinajstić information content (AvgIpc) is 2.72. The minimum absolute atomic E-state index is 0.908. The molecule has 3 heteroatoms. The summed E-state index contributed by atoms with van der Waals surface area (Å²) in [6, 6.07) is 8.18. The molecule has 2 nitrogen and oxygen atoms in total. The largest absolute Gasteiger partial charge is 0.331 e. The number of fused-ring (bicyclic) bond motifs is 1. The Balaban J connectivity index is 0.000000509. The van der Waals surface area contributed by atoms with Crippen LogP contribution in [0.4, 0.5) is 0 Å².